The second kappa shape index (κ2) is 8.28. The molecule has 3 heterocycles. The standard InChI is InChI=1S/C23H25N5O2/c29-23(25-16-17-6-5-11-24-22(17)27-12-14-30-15-13-27)21-19-9-4-10-20(19)28(26-21)18-7-2-1-3-8-18/h1-3,5-8,11H,4,9-10,12-16H2,(H,25,29). The van der Waals surface area contributed by atoms with E-state index >= 15 is 0 Å². The molecule has 0 bridgehead atoms. The molecule has 1 N–H and O–H groups in total. The van der Waals surface area contributed by atoms with E-state index < -0.39 is 0 Å². The van der Waals surface area contributed by atoms with Crippen molar-refractivity contribution < 1.29 is 9.53 Å². The minimum absolute atomic E-state index is 0.125. The van der Waals surface area contributed by atoms with E-state index in [4.69, 9.17) is 4.74 Å². The van der Waals surface area contributed by atoms with E-state index in [0.29, 0.717) is 25.5 Å². The highest BCUT2D eigenvalue weighted by atomic mass is 16.5. The summed E-state index contributed by atoms with van der Waals surface area (Å²) < 4.78 is 7.38. The van der Waals surface area contributed by atoms with E-state index in [1.54, 1.807) is 6.20 Å². The molecule has 0 saturated carbocycles. The number of para-hydroxylation sites is 1. The Kier molecular flexibility index (Phi) is 5.19. The second-order valence-corrected chi connectivity index (χ2v) is 7.64. The molecule has 1 saturated heterocycles. The lowest BCUT2D eigenvalue weighted by molar-refractivity contribution is 0.0944. The summed E-state index contributed by atoms with van der Waals surface area (Å²) in [5, 5.41) is 7.77. The first-order valence-corrected chi connectivity index (χ1v) is 10.5. The average molecular weight is 403 g/mol. The van der Waals surface area contributed by atoms with Gasteiger partial charge in [-0.3, -0.25) is 4.79 Å². The Morgan fingerprint density at radius 1 is 1.07 bits per heavy atom. The van der Waals surface area contributed by atoms with E-state index in [1.165, 1.54) is 0 Å². The number of aromatic nitrogens is 3. The van der Waals surface area contributed by atoms with Crippen molar-refractivity contribution in [2.24, 2.45) is 0 Å². The number of anilines is 1. The largest absolute Gasteiger partial charge is 0.378 e. The number of carbonyl (C=O) groups is 1. The number of ether oxygens (including phenoxy) is 1. The van der Waals surface area contributed by atoms with Crippen molar-refractivity contribution in [2.45, 2.75) is 25.8 Å². The Morgan fingerprint density at radius 3 is 2.73 bits per heavy atom. The van der Waals surface area contributed by atoms with Crippen LogP contribution in [0.15, 0.2) is 48.7 Å². The molecule has 7 heteroatoms. The minimum Gasteiger partial charge on any atom is -0.378 e. The van der Waals surface area contributed by atoms with Gasteiger partial charge in [0, 0.05) is 42.7 Å². The zero-order valence-corrected chi connectivity index (χ0v) is 16.9. The van der Waals surface area contributed by atoms with Crippen LogP contribution in [0.4, 0.5) is 5.82 Å². The number of benzene rings is 1. The first-order chi connectivity index (χ1) is 14.8. The van der Waals surface area contributed by atoms with Gasteiger partial charge in [-0.25, -0.2) is 9.67 Å². The van der Waals surface area contributed by atoms with Gasteiger partial charge in [-0.1, -0.05) is 24.3 Å². The third-order valence-electron chi connectivity index (χ3n) is 5.76. The molecule has 2 aromatic heterocycles. The number of hydrogen-bond acceptors (Lipinski definition) is 5. The number of pyridine rings is 1. The number of nitrogens with one attached hydrogen (secondary N) is 1. The smallest absolute Gasteiger partial charge is 0.272 e. The van der Waals surface area contributed by atoms with Crippen LogP contribution in [0, 0.1) is 0 Å². The van der Waals surface area contributed by atoms with Gasteiger partial charge in [-0.2, -0.15) is 5.10 Å². The van der Waals surface area contributed by atoms with Crippen LogP contribution in [0.5, 0.6) is 0 Å². The molecular weight excluding hydrogens is 378 g/mol. The molecule has 1 aliphatic carbocycles. The van der Waals surface area contributed by atoms with Crippen LogP contribution in [0.25, 0.3) is 5.69 Å². The molecule has 0 spiro atoms. The summed E-state index contributed by atoms with van der Waals surface area (Å²) in [5.41, 5.74) is 4.78. The van der Waals surface area contributed by atoms with Gasteiger partial charge in [-0.15, -0.1) is 0 Å². The number of carbonyl (C=O) groups excluding carboxylic acids is 1. The third-order valence-corrected chi connectivity index (χ3v) is 5.76. The predicted molar refractivity (Wildman–Crippen MR) is 114 cm³/mol. The fourth-order valence-electron chi connectivity index (χ4n) is 4.29. The molecule has 30 heavy (non-hydrogen) atoms. The Labute approximate surface area is 175 Å². The third kappa shape index (κ3) is 3.57. The number of rotatable bonds is 5. The van der Waals surface area contributed by atoms with Gasteiger partial charge in [0.25, 0.3) is 5.91 Å². The number of hydrogen-bond donors (Lipinski definition) is 1. The topological polar surface area (TPSA) is 72.3 Å². The average Bonchev–Trinajstić information content (AvgIpc) is 3.42. The predicted octanol–water partition coefficient (Wildman–Crippen LogP) is 2.52. The van der Waals surface area contributed by atoms with Gasteiger partial charge < -0.3 is 15.0 Å². The molecule has 0 unspecified atom stereocenters. The van der Waals surface area contributed by atoms with Crippen LogP contribution < -0.4 is 10.2 Å². The van der Waals surface area contributed by atoms with Crippen LogP contribution in [-0.2, 0) is 24.1 Å². The maximum Gasteiger partial charge on any atom is 0.272 e. The van der Waals surface area contributed by atoms with Gasteiger partial charge in [0.05, 0.1) is 18.9 Å². The molecule has 0 radical (unpaired) electrons. The van der Waals surface area contributed by atoms with Crippen molar-refractivity contribution in [2.75, 3.05) is 31.2 Å². The first-order valence-electron chi connectivity index (χ1n) is 10.5. The van der Waals surface area contributed by atoms with Gasteiger partial charge in [0.15, 0.2) is 5.69 Å². The monoisotopic (exact) mass is 403 g/mol. The van der Waals surface area contributed by atoms with Gasteiger partial charge >= 0.3 is 0 Å². The minimum atomic E-state index is -0.125. The molecule has 5 rings (SSSR count). The number of amides is 1. The summed E-state index contributed by atoms with van der Waals surface area (Å²) in [6, 6.07) is 14.0. The second-order valence-electron chi connectivity index (χ2n) is 7.64. The quantitative estimate of drug-likeness (QED) is 0.709. The summed E-state index contributed by atoms with van der Waals surface area (Å²) in [4.78, 5) is 19.8. The summed E-state index contributed by atoms with van der Waals surface area (Å²) in [6.45, 7) is 3.45. The Morgan fingerprint density at radius 2 is 1.90 bits per heavy atom. The maximum atomic E-state index is 13.1. The highest BCUT2D eigenvalue weighted by molar-refractivity contribution is 5.94. The van der Waals surface area contributed by atoms with E-state index in [-0.39, 0.29) is 5.91 Å². The Hall–Kier alpha value is -3.19. The van der Waals surface area contributed by atoms with Crippen LogP contribution in [-0.4, -0.2) is 47.0 Å². The van der Waals surface area contributed by atoms with Crippen LogP contribution in [0.3, 0.4) is 0 Å². The van der Waals surface area contributed by atoms with Crippen molar-refractivity contribution in [1.29, 1.82) is 0 Å². The zero-order chi connectivity index (χ0) is 20.3. The van der Waals surface area contributed by atoms with Crippen LogP contribution >= 0.6 is 0 Å². The maximum absolute atomic E-state index is 13.1. The van der Waals surface area contributed by atoms with Crippen molar-refractivity contribution in [3.05, 3.63) is 71.2 Å². The van der Waals surface area contributed by atoms with Gasteiger partial charge in [0.1, 0.15) is 5.82 Å². The summed E-state index contributed by atoms with van der Waals surface area (Å²) in [5.74, 6) is 0.792. The van der Waals surface area contributed by atoms with E-state index in [2.05, 4.69) is 20.3 Å². The summed E-state index contributed by atoms with van der Waals surface area (Å²) in [7, 11) is 0. The Balaban J connectivity index is 1.36. The molecule has 1 aliphatic heterocycles. The molecule has 2 aliphatic rings. The fourth-order valence-corrected chi connectivity index (χ4v) is 4.29. The molecule has 1 amide bonds. The highest BCUT2D eigenvalue weighted by Crippen LogP contribution is 2.28. The highest BCUT2D eigenvalue weighted by Gasteiger charge is 2.27. The number of morpholine rings is 1. The summed E-state index contributed by atoms with van der Waals surface area (Å²) in [6.07, 6.45) is 4.71. The molecule has 1 aromatic carbocycles. The number of nitrogens with zero attached hydrogens (tertiary/aromatic N) is 4. The molecule has 0 atom stereocenters. The zero-order valence-electron chi connectivity index (χ0n) is 16.9. The normalized spacial score (nSPS) is 15.8. The lowest BCUT2D eigenvalue weighted by atomic mass is 10.2. The van der Waals surface area contributed by atoms with E-state index in [9.17, 15) is 4.79 Å². The first kappa shape index (κ1) is 18.8. The van der Waals surface area contributed by atoms with Gasteiger partial charge in [0.2, 0.25) is 0 Å². The summed E-state index contributed by atoms with van der Waals surface area (Å²) >= 11 is 0. The molecule has 3 aromatic rings. The van der Waals surface area contributed by atoms with Crippen molar-refractivity contribution >= 4 is 11.7 Å². The molecule has 154 valence electrons. The van der Waals surface area contributed by atoms with Gasteiger partial charge in [-0.05, 0) is 37.5 Å². The Bertz CT molecular complexity index is 1040. The van der Waals surface area contributed by atoms with Crippen molar-refractivity contribution in [3.63, 3.8) is 0 Å². The lowest BCUT2D eigenvalue weighted by Crippen LogP contribution is -2.38. The molecule has 7 nitrogen and oxygen atoms in total. The van der Waals surface area contributed by atoms with E-state index in [1.807, 2.05) is 47.1 Å². The van der Waals surface area contributed by atoms with Crippen molar-refractivity contribution in [3.8, 4) is 5.69 Å². The SMILES string of the molecule is O=C(NCc1cccnc1N1CCOCC1)c1nn(-c2ccccc2)c2c1CCC2. The molecular formula is C23H25N5O2. The number of fused-ring (bicyclic) bond motifs is 1. The fraction of sp³-hybridized carbons (Fsp3) is 0.348. The lowest BCUT2D eigenvalue weighted by Gasteiger charge is -2.29. The van der Waals surface area contributed by atoms with Crippen LogP contribution in [0.2, 0.25) is 0 Å². The van der Waals surface area contributed by atoms with E-state index in [0.717, 1.165) is 60.7 Å². The van der Waals surface area contributed by atoms with Crippen LogP contribution in [0.1, 0.15) is 33.7 Å². The van der Waals surface area contributed by atoms with Crippen molar-refractivity contribution in [1.82, 2.24) is 20.1 Å². The molecule has 1 fully saturated rings.